The van der Waals surface area contributed by atoms with E-state index in [0.717, 1.165) is 19.2 Å². The molecule has 3 nitrogen and oxygen atoms in total. The van der Waals surface area contributed by atoms with Gasteiger partial charge in [-0.05, 0) is 93.8 Å². The van der Waals surface area contributed by atoms with Crippen molar-refractivity contribution in [3.63, 3.8) is 0 Å². The van der Waals surface area contributed by atoms with Crippen LogP contribution in [0, 0.1) is 17.4 Å². The fraction of sp³-hybridized carbons (Fsp3) is 0.143. The van der Waals surface area contributed by atoms with Crippen LogP contribution in [0.1, 0.15) is 11.1 Å². The molecule has 0 atom stereocenters. The van der Waals surface area contributed by atoms with Gasteiger partial charge in [0.05, 0.1) is 5.69 Å². The second-order valence-corrected chi connectivity index (χ2v) is 9.20. The van der Waals surface area contributed by atoms with Gasteiger partial charge in [0.2, 0.25) is 0 Å². The lowest BCUT2D eigenvalue weighted by atomic mass is 10.2. The van der Waals surface area contributed by atoms with E-state index in [0.29, 0.717) is 10.2 Å². The number of halogens is 3. The van der Waals surface area contributed by atoms with Gasteiger partial charge < -0.3 is 0 Å². The molecule has 0 radical (unpaired) electrons. The summed E-state index contributed by atoms with van der Waals surface area (Å²) in [7, 11) is -3.65. The van der Waals surface area contributed by atoms with Crippen molar-refractivity contribution in [2.75, 3.05) is 4.72 Å². The molecule has 7 heteroatoms. The highest BCUT2D eigenvalue weighted by Crippen LogP contribution is 2.30. The summed E-state index contributed by atoms with van der Waals surface area (Å²) in [6, 6.07) is 8.94. The Labute approximate surface area is 155 Å². The van der Waals surface area contributed by atoms with Gasteiger partial charge in [-0.2, -0.15) is 0 Å². The quantitative estimate of drug-likeness (QED) is 0.538. The Kier molecular flexibility index (Phi) is 5.38. The molecule has 0 aliphatic rings. The van der Waals surface area contributed by atoms with Gasteiger partial charge in [0.15, 0.2) is 0 Å². The van der Waals surface area contributed by atoms with Crippen LogP contribution in [0.2, 0.25) is 0 Å². The molecule has 0 saturated carbocycles. The van der Waals surface area contributed by atoms with Crippen molar-refractivity contribution in [1.82, 2.24) is 0 Å². The van der Waals surface area contributed by atoms with Crippen LogP contribution in [-0.2, 0) is 10.0 Å². The standard InChI is InChI=1S/C14H12Br2INO2S/c1-8-6-12(16)14(7-11(8)15)21(19,20)18-13-4-3-10(17)5-9(13)2/h3-7,18H,1-2H3. The summed E-state index contributed by atoms with van der Waals surface area (Å²) in [5.74, 6) is 0. The first-order chi connectivity index (χ1) is 9.70. The van der Waals surface area contributed by atoms with E-state index in [-0.39, 0.29) is 4.90 Å². The Morgan fingerprint density at radius 3 is 2.29 bits per heavy atom. The van der Waals surface area contributed by atoms with Crippen LogP contribution in [0.25, 0.3) is 0 Å². The minimum Gasteiger partial charge on any atom is -0.279 e. The largest absolute Gasteiger partial charge is 0.279 e. The predicted octanol–water partition coefficient (Wildman–Crippen LogP) is 5.23. The van der Waals surface area contributed by atoms with Crippen molar-refractivity contribution >= 4 is 70.2 Å². The summed E-state index contributed by atoms with van der Waals surface area (Å²) >= 11 is 8.88. The average Bonchev–Trinajstić information content (AvgIpc) is 2.37. The summed E-state index contributed by atoms with van der Waals surface area (Å²) in [6.45, 7) is 3.78. The lowest BCUT2D eigenvalue weighted by Crippen LogP contribution is -2.14. The molecule has 2 rings (SSSR count). The first-order valence-electron chi connectivity index (χ1n) is 5.95. The van der Waals surface area contributed by atoms with Crippen molar-refractivity contribution in [1.29, 1.82) is 0 Å². The highest BCUT2D eigenvalue weighted by molar-refractivity contribution is 14.1. The minimum absolute atomic E-state index is 0.206. The second kappa shape index (κ2) is 6.55. The predicted molar refractivity (Wildman–Crippen MR) is 101 cm³/mol. The zero-order chi connectivity index (χ0) is 15.8. The van der Waals surface area contributed by atoms with E-state index in [4.69, 9.17) is 0 Å². The molecule has 0 aromatic heterocycles. The molecular formula is C14H12Br2INO2S. The van der Waals surface area contributed by atoms with Crippen LogP contribution in [0.3, 0.4) is 0 Å². The third-order valence-corrected chi connectivity index (χ3v) is 6.78. The molecule has 0 unspecified atom stereocenters. The van der Waals surface area contributed by atoms with Crippen LogP contribution >= 0.6 is 54.5 Å². The number of hydrogen-bond acceptors (Lipinski definition) is 2. The fourth-order valence-electron chi connectivity index (χ4n) is 1.78. The van der Waals surface area contributed by atoms with Crippen molar-refractivity contribution < 1.29 is 8.42 Å². The first-order valence-corrected chi connectivity index (χ1v) is 10.1. The Morgan fingerprint density at radius 1 is 1.00 bits per heavy atom. The van der Waals surface area contributed by atoms with Gasteiger partial charge in [0, 0.05) is 12.5 Å². The smallest absolute Gasteiger partial charge is 0.263 e. The van der Waals surface area contributed by atoms with Crippen LogP contribution < -0.4 is 4.72 Å². The Hall–Kier alpha value is -0.120. The highest BCUT2D eigenvalue weighted by Gasteiger charge is 2.20. The molecule has 0 fully saturated rings. The van der Waals surface area contributed by atoms with Gasteiger partial charge in [-0.3, -0.25) is 4.72 Å². The molecule has 2 aromatic carbocycles. The van der Waals surface area contributed by atoms with E-state index in [1.165, 1.54) is 0 Å². The van der Waals surface area contributed by atoms with Crippen LogP contribution in [-0.4, -0.2) is 8.42 Å². The number of anilines is 1. The van der Waals surface area contributed by atoms with Crippen LogP contribution in [0.15, 0.2) is 44.2 Å². The Bertz CT molecular complexity index is 807. The summed E-state index contributed by atoms with van der Waals surface area (Å²) in [5.41, 5.74) is 2.43. The van der Waals surface area contributed by atoms with E-state index in [1.807, 2.05) is 26.0 Å². The normalized spacial score (nSPS) is 11.5. The lowest BCUT2D eigenvalue weighted by molar-refractivity contribution is 0.600. The van der Waals surface area contributed by atoms with Crippen LogP contribution in [0.4, 0.5) is 5.69 Å². The second-order valence-electron chi connectivity index (χ2n) is 4.60. The Morgan fingerprint density at radius 2 is 1.67 bits per heavy atom. The number of sulfonamides is 1. The molecule has 2 aromatic rings. The molecule has 0 bridgehead atoms. The molecule has 112 valence electrons. The van der Waals surface area contributed by atoms with Gasteiger partial charge in [0.1, 0.15) is 4.90 Å². The van der Waals surface area contributed by atoms with E-state index in [2.05, 4.69) is 59.2 Å². The zero-order valence-corrected chi connectivity index (χ0v) is 17.4. The fourth-order valence-corrected chi connectivity index (χ4v) is 5.23. The third-order valence-electron chi connectivity index (χ3n) is 2.94. The van der Waals surface area contributed by atoms with Gasteiger partial charge in [0.25, 0.3) is 10.0 Å². The third kappa shape index (κ3) is 4.00. The van der Waals surface area contributed by atoms with Gasteiger partial charge in [-0.1, -0.05) is 15.9 Å². The molecule has 0 aliphatic carbocycles. The summed E-state index contributed by atoms with van der Waals surface area (Å²) < 4.78 is 30.1. The highest BCUT2D eigenvalue weighted by atomic mass is 127. The van der Waals surface area contributed by atoms with Gasteiger partial charge in [-0.15, -0.1) is 0 Å². The molecule has 1 N–H and O–H groups in total. The molecule has 21 heavy (non-hydrogen) atoms. The monoisotopic (exact) mass is 543 g/mol. The van der Waals surface area contributed by atoms with E-state index in [9.17, 15) is 8.42 Å². The van der Waals surface area contributed by atoms with Crippen molar-refractivity contribution in [3.8, 4) is 0 Å². The molecular weight excluding hydrogens is 533 g/mol. The van der Waals surface area contributed by atoms with E-state index in [1.54, 1.807) is 18.2 Å². The number of aryl methyl sites for hydroxylation is 2. The van der Waals surface area contributed by atoms with E-state index < -0.39 is 10.0 Å². The summed E-state index contributed by atoms with van der Waals surface area (Å²) in [4.78, 5) is 0.206. The SMILES string of the molecule is Cc1cc(Br)c(S(=O)(=O)Nc2ccc(I)cc2C)cc1Br. The maximum absolute atomic E-state index is 12.6. The molecule has 0 spiro atoms. The zero-order valence-electron chi connectivity index (χ0n) is 11.2. The van der Waals surface area contributed by atoms with Crippen molar-refractivity contribution in [2.45, 2.75) is 18.7 Å². The first kappa shape index (κ1) is 17.2. The molecule has 0 aliphatic heterocycles. The number of hydrogen-bond donors (Lipinski definition) is 1. The van der Waals surface area contributed by atoms with Crippen molar-refractivity contribution in [2.24, 2.45) is 0 Å². The molecule has 0 amide bonds. The lowest BCUT2D eigenvalue weighted by Gasteiger charge is -2.13. The topological polar surface area (TPSA) is 46.2 Å². The molecule has 0 heterocycles. The van der Waals surface area contributed by atoms with Gasteiger partial charge >= 0.3 is 0 Å². The van der Waals surface area contributed by atoms with E-state index >= 15 is 0 Å². The summed E-state index contributed by atoms with van der Waals surface area (Å²) in [6.07, 6.45) is 0. The average molecular weight is 545 g/mol. The molecule has 0 saturated heterocycles. The maximum atomic E-state index is 12.6. The summed E-state index contributed by atoms with van der Waals surface area (Å²) in [5, 5.41) is 0. The van der Waals surface area contributed by atoms with Crippen LogP contribution in [0.5, 0.6) is 0 Å². The number of rotatable bonds is 3. The number of nitrogens with one attached hydrogen (secondary N) is 1. The minimum atomic E-state index is -3.65. The Balaban J connectivity index is 2.46. The maximum Gasteiger partial charge on any atom is 0.263 e. The number of benzene rings is 2. The van der Waals surface area contributed by atoms with Crippen molar-refractivity contribution in [3.05, 3.63) is 54.0 Å². The van der Waals surface area contributed by atoms with Gasteiger partial charge in [-0.25, -0.2) is 8.42 Å².